The van der Waals surface area contributed by atoms with E-state index in [1.165, 1.54) is 13.0 Å². The van der Waals surface area contributed by atoms with Gasteiger partial charge in [0.2, 0.25) is 5.91 Å². The fourth-order valence-corrected chi connectivity index (χ4v) is 2.07. The van der Waals surface area contributed by atoms with Gasteiger partial charge in [-0.05, 0) is 41.6 Å². The summed E-state index contributed by atoms with van der Waals surface area (Å²) in [4.78, 5) is 29.1. The maximum absolute atomic E-state index is 13.7. The highest BCUT2D eigenvalue weighted by Crippen LogP contribution is 2.26. The molecule has 0 saturated heterocycles. The molecule has 0 aromatic heterocycles. The van der Waals surface area contributed by atoms with Crippen LogP contribution in [0.3, 0.4) is 0 Å². The highest BCUT2D eigenvalue weighted by Gasteiger charge is 2.07. The summed E-state index contributed by atoms with van der Waals surface area (Å²) in [5.74, 6) is -3.27. The fourth-order valence-electron chi connectivity index (χ4n) is 2.07. The number of nitrogens with one attached hydrogen (secondary N) is 1. The van der Waals surface area contributed by atoms with E-state index >= 15 is 0 Å². The lowest BCUT2D eigenvalue weighted by atomic mass is 10.0. The number of amides is 1. The highest BCUT2D eigenvalue weighted by atomic mass is 19.1. The van der Waals surface area contributed by atoms with E-state index in [0.717, 1.165) is 10.9 Å². The second kappa shape index (κ2) is 9.21. The molecule has 8 heteroatoms. The Balaban J connectivity index is 0.000000450. The van der Waals surface area contributed by atoms with Crippen molar-refractivity contribution in [1.29, 1.82) is 0 Å². The molecule has 0 spiro atoms. The third-order valence-corrected chi connectivity index (χ3v) is 3.21. The van der Waals surface area contributed by atoms with E-state index in [4.69, 9.17) is 24.5 Å². The maximum atomic E-state index is 13.7. The Morgan fingerprint density at radius 3 is 2.24 bits per heavy atom. The number of carboxylic acids is 2. The number of aliphatic carboxylic acids is 2. The molecule has 0 aliphatic rings. The third-order valence-electron chi connectivity index (χ3n) is 3.21. The van der Waals surface area contributed by atoms with Crippen LogP contribution in [0.1, 0.15) is 12.5 Å². The van der Waals surface area contributed by atoms with Crippen molar-refractivity contribution in [3.05, 3.63) is 41.7 Å². The number of hydrogen-bond acceptors (Lipinski definition) is 4. The van der Waals surface area contributed by atoms with Crippen molar-refractivity contribution in [3.8, 4) is 5.75 Å². The molecular weight excluding hydrogens is 333 g/mol. The molecular formula is C17H18FNO6. The fraction of sp³-hybridized carbons (Fsp3) is 0.235. The summed E-state index contributed by atoms with van der Waals surface area (Å²) in [6, 6.07) is 8.48. The topological polar surface area (TPSA) is 113 Å². The molecule has 7 nitrogen and oxygen atoms in total. The Morgan fingerprint density at radius 2 is 1.72 bits per heavy atom. The SMILES string of the molecule is COc1ccc2c(F)ccc(CCNC(C)=O)c2c1.O=C(O)C(=O)O. The zero-order chi connectivity index (χ0) is 19.0. The average molecular weight is 351 g/mol. The molecule has 0 saturated carbocycles. The Morgan fingerprint density at radius 1 is 1.08 bits per heavy atom. The molecule has 2 aromatic rings. The van der Waals surface area contributed by atoms with Crippen molar-refractivity contribution in [2.24, 2.45) is 0 Å². The number of methoxy groups -OCH3 is 1. The molecule has 0 radical (unpaired) electrons. The summed E-state index contributed by atoms with van der Waals surface area (Å²) >= 11 is 0. The van der Waals surface area contributed by atoms with Crippen LogP contribution in [0.15, 0.2) is 30.3 Å². The van der Waals surface area contributed by atoms with Crippen molar-refractivity contribution < 1.29 is 33.7 Å². The first kappa shape index (κ1) is 19.9. The average Bonchev–Trinajstić information content (AvgIpc) is 2.56. The Hall–Kier alpha value is -3.16. The van der Waals surface area contributed by atoms with Gasteiger partial charge in [0.15, 0.2) is 0 Å². The second-order valence-electron chi connectivity index (χ2n) is 4.96. The number of fused-ring (bicyclic) bond motifs is 1. The van der Waals surface area contributed by atoms with Crippen LogP contribution in [0.25, 0.3) is 10.8 Å². The van der Waals surface area contributed by atoms with Gasteiger partial charge in [0.1, 0.15) is 11.6 Å². The van der Waals surface area contributed by atoms with E-state index in [1.807, 2.05) is 6.07 Å². The maximum Gasteiger partial charge on any atom is 0.414 e. The van der Waals surface area contributed by atoms with Gasteiger partial charge in [0.25, 0.3) is 0 Å². The minimum absolute atomic E-state index is 0.0657. The number of hydrogen-bond donors (Lipinski definition) is 3. The molecule has 0 aliphatic carbocycles. The van der Waals surface area contributed by atoms with Gasteiger partial charge in [-0.1, -0.05) is 6.07 Å². The van der Waals surface area contributed by atoms with Crippen molar-refractivity contribution in [2.45, 2.75) is 13.3 Å². The molecule has 134 valence electrons. The Labute approximate surface area is 143 Å². The van der Waals surface area contributed by atoms with E-state index in [1.54, 1.807) is 25.3 Å². The molecule has 1 amide bonds. The van der Waals surface area contributed by atoms with E-state index in [0.29, 0.717) is 24.1 Å². The van der Waals surface area contributed by atoms with E-state index in [2.05, 4.69) is 5.32 Å². The van der Waals surface area contributed by atoms with Crippen molar-refractivity contribution in [2.75, 3.05) is 13.7 Å². The van der Waals surface area contributed by atoms with Crippen LogP contribution in [0.5, 0.6) is 5.75 Å². The van der Waals surface area contributed by atoms with Gasteiger partial charge in [-0.3, -0.25) is 4.79 Å². The number of carboxylic acid groups (broad SMARTS) is 2. The minimum Gasteiger partial charge on any atom is -0.497 e. The van der Waals surface area contributed by atoms with Crippen molar-refractivity contribution in [1.82, 2.24) is 5.32 Å². The smallest absolute Gasteiger partial charge is 0.414 e. The first-order chi connectivity index (χ1) is 11.8. The number of carbonyl (C=O) groups excluding carboxylic acids is 1. The van der Waals surface area contributed by atoms with E-state index in [9.17, 15) is 9.18 Å². The molecule has 3 N–H and O–H groups in total. The summed E-state index contributed by atoms with van der Waals surface area (Å²) in [6.07, 6.45) is 0.656. The van der Waals surface area contributed by atoms with Crippen LogP contribution in [0, 0.1) is 5.82 Å². The number of ether oxygens (including phenoxy) is 1. The van der Waals surface area contributed by atoms with Gasteiger partial charge in [-0.15, -0.1) is 0 Å². The molecule has 0 bridgehead atoms. The largest absolute Gasteiger partial charge is 0.497 e. The lowest BCUT2D eigenvalue weighted by molar-refractivity contribution is -0.159. The molecule has 25 heavy (non-hydrogen) atoms. The molecule has 0 unspecified atom stereocenters. The third kappa shape index (κ3) is 6.09. The monoisotopic (exact) mass is 351 g/mol. The lowest BCUT2D eigenvalue weighted by Gasteiger charge is -2.09. The summed E-state index contributed by atoms with van der Waals surface area (Å²) in [5, 5.41) is 18.9. The second-order valence-corrected chi connectivity index (χ2v) is 4.96. The van der Waals surface area contributed by atoms with Crippen molar-refractivity contribution in [3.63, 3.8) is 0 Å². The van der Waals surface area contributed by atoms with Gasteiger partial charge >= 0.3 is 11.9 Å². The molecule has 2 rings (SSSR count). The van der Waals surface area contributed by atoms with Gasteiger partial charge in [-0.25, -0.2) is 14.0 Å². The van der Waals surface area contributed by atoms with Crippen LogP contribution < -0.4 is 10.1 Å². The van der Waals surface area contributed by atoms with Crippen LogP contribution in [-0.4, -0.2) is 41.7 Å². The summed E-state index contributed by atoms with van der Waals surface area (Å²) in [6.45, 7) is 2.01. The Bertz CT molecular complexity index is 778. The highest BCUT2D eigenvalue weighted by molar-refractivity contribution is 6.27. The number of carbonyl (C=O) groups is 3. The van der Waals surface area contributed by atoms with E-state index < -0.39 is 11.9 Å². The van der Waals surface area contributed by atoms with Crippen LogP contribution in [0.2, 0.25) is 0 Å². The predicted octanol–water partition coefficient (Wildman–Crippen LogP) is 1.82. The van der Waals surface area contributed by atoms with Crippen LogP contribution in [0.4, 0.5) is 4.39 Å². The molecule has 0 aliphatic heterocycles. The molecule has 0 atom stereocenters. The Kier molecular flexibility index (Phi) is 7.33. The van der Waals surface area contributed by atoms with Crippen LogP contribution in [-0.2, 0) is 20.8 Å². The molecule has 2 aromatic carbocycles. The number of halogens is 1. The zero-order valence-corrected chi connectivity index (χ0v) is 13.7. The standard InChI is InChI=1S/C15H16FNO2.C2H2O4/c1-10(18)17-8-7-11-3-6-15(16)13-5-4-12(19-2)9-14(11)13;3-1(4)2(5)6/h3-6,9H,7-8H2,1-2H3,(H,17,18);(H,3,4)(H,5,6). The summed E-state index contributed by atoms with van der Waals surface area (Å²) in [5.41, 5.74) is 0.990. The minimum atomic E-state index is -1.82. The molecule has 0 heterocycles. The van der Waals surface area contributed by atoms with Crippen molar-refractivity contribution >= 4 is 28.6 Å². The number of benzene rings is 2. The lowest BCUT2D eigenvalue weighted by Crippen LogP contribution is -2.22. The zero-order valence-electron chi connectivity index (χ0n) is 13.7. The normalized spacial score (nSPS) is 9.72. The molecule has 0 fully saturated rings. The summed E-state index contributed by atoms with van der Waals surface area (Å²) < 4.78 is 18.9. The first-order valence-corrected chi connectivity index (χ1v) is 7.22. The van der Waals surface area contributed by atoms with Gasteiger partial charge in [-0.2, -0.15) is 0 Å². The number of rotatable bonds is 4. The van der Waals surface area contributed by atoms with Gasteiger partial charge < -0.3 is 20.3 Å². The van der Waals surface area contributed by atoms with Crippen LogP contribution >= 0.6 is 0 Å². The quantitative estimate of drug-likeness (QED) is 0.724. The van der Waals surface area contributed by atoms with Gasteiger partial charge in [0.05, 0.1) is 7.11 Å². The van der Waals surface area contributed by atoms with Gasteiger partial charge in [0, 0.05) is 18.9 Å². The first-order valence-electron chi connectivity index (χ1n) is 7.22. The summed E-state index contributed by atoms with van der Waals surface area (Å²) in [7, 11) is 1.58. The van der Waals surface area contributed by atoms with E-state index in [-0.39, 0.29) is 11.7 Å². The predicted molar refractivity (Wildman–Crippen MR) is 88.1 cm³/mol.